The van der Waals surface area contributed by atoms with Gasteiger partial charge in [-0.25, -0.2) is 4.79 Å². The van der Waals surface area contributed by atoms with E-state index < -0.39 is 0 Å². The van der Waals surface area contributed by atoms with Crippen molar-refractivity contribution in [3.05, 3.63) is 48.3 Å². The third-order valence-corrected chi connectivity index (χ3v) is 3.97. The number of hydrogen-bond donors (Lipinski definition) is 2. The van der Waals surface area contributed by atoms with Crippen molar-refractivity contribution in [1.82, 2.24) is 25.3 Å². The number of methoxy groups -OCH3 is 1. The van der Waals surface area contributed by atoms with Crippen LogP contribution >= 0.6 is 0 Å². The Morgan fingerprint density at radius 3 is 2.72 bits per heavy atom. The fourth-order valence-electron chi connectivity index (χ4n) is 2.71. The lowest BCUT2D eigenvalue weighted by Gasteiger charge is -2.27. The Bertz CT molecular complexity index is 657. The Kier molecular flexibility index (Phi) is 6.82. The second-order valence-electron chi connectivity index (χ2n) is 6.20. The molecule has 2 N–H and O–H groups in total. The highest BCUT2D eigenvalue weighted by Crippen LogP contribution is 2.27. The van der Waals surface area contributed by atoms with Crippen LogP contribution in [-0.2, 0) is 6.54 Å². The summed E-state index contributed by atoms with van der Waals surface area (Å²) in [5.74, 6) is 0.815. The highest BCUT2D eigenvalue weighted by molar-refractivity contribution is 5.74. The smallest absolute Gasteiger partial charge is 0.315 e. The van der Waals surface area contributed by atoms with Crippen molar-refractivity contribution < 1.29 is 9.53 Å². The van der Waals surface area contributed by atoms with Gasteiger partial charge < -0.3 is 20.3 Å². The van der Waals surface area contributed by atoms with Crippen molar-refractivity contribution in [3.8, 4) is 5.75 Å². The summed E-state index contributed by atoms with van der Waals surface area (Å²) in [5.41, 5.74) is 1.04. The van der Waals surface area contributed by atoms with Gasteiger partial charge >= 0.3 is 6.03 Å². The normalized spacial score (nSPS) is 13.3. The Morgan fingerprint density at radius 1 is 1.32 bits per heavy atom. The van der Waals surface area contributed by atoms with Gasteiger partial charge in [0.1, 0.15) is 5.75 Å². The molecule has 1 aromatic heterocycles. The van der Waals surface area contributed by atoms with Crippen molar-refractivity contribution in [3.63, 3.8) is 0 Å². The Balaban J connectivity index is 1.91. The Hall–Kier alpha value is -2.54. The van der Waals surface area contributed by atoms with E-state index in [1.807, 2.05) is 57.5 Å². The summed E-state index contributed by atoms with van der Waals surface area (Å²) in [7, 11) is 5.62. The number of carbonyl (C=O) groups is 1. The van der Waals surface area contributed by atoms with Gasteiger partial charge in [0, 0.05) is 30.5 Å². The van der Waals surface area contributed by atoms with Crippen LogP contribution in [0.5, 0.6) is 5.75 Å². The van der Waals surface area contributed by atoms with Crippen LogP contribution in [0.15, 0.2) is 42.7 Å². The largest absolute Gasteiger partial charge is 0.496 e. The summed E-state index contributed by atoms with van der Waals surface area (Å²) in [6.45, 7) is 3.06. The molecule has 7 heteroatoms. The number of nitrogens with zero attached hydrogens (tertiary/aromatic N) is 3. The summed E-state index contributed by atoms with van der Waals surface area (Å²) in [4.78, 5) is 14.3. The highest BCUT2D eigenvalue weighted by Gasteiger charge is 2.19. The van der Waals surface area contributed by atoms with Crippen molar-refractivity contribution in [2.75, 3.05) is 27.7 Å². The van der Waals surface area contributed by atoms with Gasteiger partial charge in [-0.05, 0) is 33.2 Å². The molecular weight excluding hydrogens is 318 g/mol. The van der Waals surface area contributed by atoms with Gasteiger partial charge in [0.05, 0.1) is 19.7 Å². The number of nitrogens with one attached hydrogen (secondary N) is 2. The van der Waals surface area contributed by atoms with E-state index in [0.717, 1.165) is 11.3 Å². The minimum atomic E-state index is -0.193. The van der Waals surface area contributed by atoms with E-state index in [9.17, 15) is 4.79 Å². The number of carbonyl (C=O) groups excluding carboxylic acids is 1. The summed E-state index contributed by atoms with van der Waals surface area (Å²) in [6.07, 6.45) is 3.60. The number of amides is 2. The average Bonchev–Trinajstić information content (AvgIpc) is 3.07. The second kappa shape index (κ2) is 9.08. The molecule has 2 rings (SSSR count). The maximum absolute atomic E-state index is 12.2. The van der Waals surface area contributed by atoms with Crippen molar-refractivity contribution in [2.24, 2.45) is 0 Å². The van der Waals surface area contributed by atoms with Gasteiger partial charge in [0.2, 0.25) is 0 Å². The number of hydrogen-bond acceptors (Lipinski definition) is 4. The summed E-state index contributed by atoms with van der Waals surface area (Å²) in [5, 5.41) is 10.0. The van der Waals surface area contributed by atoms with E-state index in [0.29, 0.717) is 13.1 Å². The minimum absolute atomic E-state index is 0.0170. The van der Waals surface area contributed by atoms with E-state index in [-0.39, 0.29) is 18.1 Å². The lowest BCUT2D eigenvalue weighted by molar-refractivity contribution is 0.227. The third kappa shape index (κ3) is 5.49. The van der Waals surface area contributed by atoms with E-state index in [4.69, 9.17) is 4.74 Å². The SMILES string of the molecule is COc1ccccc1C(CNC(=O)NC(C)Cn1cccn1)N(C)C. The van der Waals surface area contributed by atoms with Crippen LogP contribution in [0.25, 0.3) is 0 Å². The molecule has 0 radical (unpaired) electrons. The molecule has 2 aromatic rings. The zero-order chi connectivity index (χ0) is 18.2. The molecule has 0 saturated carbocycles. The monoisotopic (exact) mass is 345 g/mol. The topological polar surface area (TPSA) is 71.4 Å². The molecule has 2 atom stereocenters. The standard InChI is InChI=1S/C18H27N5O2/c1-14(13-23-11-7-10-20-23)21-18(24)19-12-16(22(2)3)15-8-5-6-9-17(15)25-4/h5-11,14,16H,12-13H2,1-4H3,(H2,19,21,24). The molecule has 0 saturated heterocycles. The van der Waals surface area contributed by atoms with Gasteiger partial charge in [-0.2, -0.15) is 5.10 Å². The minimum Gasteiger partial charge on any atom is -0.496 e. The first kappa shape index (κ1) is 18.8. The van der Waals surface area contributed by atoms with Crippen molar-refractivity contribution in [2.45, 2.75) is 25.6 Å². The average molecular weight is 345 g/mol. The molecule has 1 heterocycles. The van der Waals surface area contributed by atoms with Crippen LogP contribution in [0, 0.1) is 0 Å². The molecule has 0 spiro atoms. The Labute approximate surface area is 149 Å². The zero-order valence-corrected chi connectivity index (χ0v) is 15.3. The molecular formula is C18H27N5O2. The van der Waals surface area contributed by atoms with Crippen LogP contribution in [0.3, 0.4) is 0 Å². The first-order valence-corrected chi connectivity index (χ1v) is 8.32. The predicted molar refractivity (Wildman–Crippen MR) is 97.6 cm³/mol. The summed E-state index contributed by atoms with van der Waals surface area (Å²) >= 11 is 0. The third-order valence-electron chi connectivity index (χ3n) is 3.97. The molecule has 7 nitrogen and oxygen atoms in total. The fraction of sp³-hybridized carbons (Fsp3) is 0.444. The molecule has 2 amide bonds. The van der Waals surface area contributed by atoms with Crippen molar-refractivity contribution in [1.29, 1.82) is 0 Å². The number of rotatable bonds is 8. The van der Waals surface area contributed by atoms with Crippen LogP contribution in [0.4, 0.5) is 4.79 Å². The molecule has 0 aliphatic rings. The number of likely N-dealkylation sites (N-methyl/N-ethyl adjacent to an activating group) is 1. The number of aromatic nitrogens is 2. The molecule has 0 fully saturated rings. The molecule has 25 heavy (non-hydrogen) atoms. The predicted octanol–water partition coefficient (Wildman–Crippen LogP) is 1.88. The first-order valence-electron chi connectivity index (χ1n) is 8.32. The van der Waals surface area contributed by atoms with Crippen LogP contribution in [-0.4, -0.2) is 54.5 Å². The number of ether oxygens (including phenoxy) is 1. The van der Waals surface area contributed by atoms with Gasteiger partial charge in [-0.15, -0.1) is 0 Å². The molecule has 0 bridgehead atoms. The van der Waals surface area contributed by atoms with Crippen molar-refractivity contribution >= 4 is 6.03 Å². The number of benzene rings is 1. The maximum Gasteiger partial charge on any atom is 0.315 e. The second-order valence-corrected chi connectivity index (χ2v) is 6.20. The highest BCUT2D eigenvalue weighted by atomic mass is 16.5. The van der Waals surface area contributed by atoms with Gasteiger partial charge in [-0.3, -0.25) is 4.68 Å². The van der Waals surface area contributed by atoms with E-state index in [1.54, 1.807) is 18.0 Å². The first-order chi connectivity index (χ1) is 12.0. The molecule has 0 aliphatic carbocycles. The van der Waals surface area contributed by atoms with E-state index in [1.165, 1.54) is 0 Å². The fourth-order valence-corrected chi connectivity index (χ4v) is 2.71. The van der Waals surface area contributed by atoms with Crippen LogP contribution < -0.4 is 15.4 Å². The molecule has 2 unspecified atom stereocenters. The van der Waals surface area contributed by atoms with Gasteiger partial charge in [-0.1, -0.05) is 18.2 Å². The molecule has 136 valence electrons. The quantitative estimate of drug-likeness (QED) is 0.766. The summed E-state index contributed by atoms with van der Waals surface area (Å²) < 4.78 is 7.24. The summed E-state index contributed by atoms with van der Waals surface area (Å²) in [6, 6.07) is 9.52. The molecule has 0 aliphatic heterocycles. The van der Waals surface area contributed by atoms with Crippen LogP contribution in [0.1, 0.15) is 18.5 Å². The van der Waals surface area contributed by atoms with Crippen LogP contribution in [0.2, 0.25) is 0 Å². The Morgan fingerprint density at radius 2 is 2.08 bits per heavy atom. The number of para-hydroxylation sites is 1. The zero-order valence-electron chi connectivity index (χ0n) is 15.3. The maximum atomic E-state index is 12.2. The lowest BCUT2D eigenvalue weighted by atomic mass is 10.0. The number of urea groups is 1. The van der Waals surface area contributed by atoms with E-state index >= 15 is 0 Å². The lowest BCUT2D eigenvalue weighted by Crippen LogP contribution is -2.45. The van der Waals surface area contributed by atoms with E-state index in [2.05, 4.69) is 20.6 Å². The van der Waals surface area contributed by atoms with Gasteiger partial charge in [0.15, 0.2) is 0 Å². The van der Waals surface area contributed by atoms with Gasteiger partial charge in [0.25, 0.3) is 0 Å². The molecule has 1 aromatic carbocycles.